The molecule has 0 atom stereocenters. The Morgan fingerprint density at radius 2 is 1.72 bits per heavy atom. The van der Waals surface area contributed by atoms with E-state index in [-0.39, 0.29) is 10.8 Å². The number of carbonyl (C=O) groups excluding carboxylic acids is 1. The van der Waals surface area contributed by atoms with E-state index in [1.807, 2.05) is 6.92 Å². The quantitative estimate of drug-likeness (QED) is 0.511. The van der Waals surface area contributed by atoms with Gasteiger partial charge in [-0.25, -0.2) is 13.6 Å². The number of hydrogen-bond donors (Lipinski definition) is 1. The van der Waals surface area contributed by atoms with Gasteiger partial charge in [0.15, 0.2) is 0 Å². The Morgan fingerprint density at radius 3 is 2.25 bits per heavy atom. The number of aryl methyl sites for hydroxylation is 2. The number of carbonyl (C=O) groups is 1. The second kappa shape index (κ2) is 9.12. The topological polar surface area (TPSA) is 113 Å². The van der Waals surface area contributed by atoms with Gasteiger partial charge in [-0.15, -0.1) is 0 Å². The highest BCUT2D eigenvalue weighted by Gasteiger charge is 2.20. The van der Waals surface area contributed by atoms with Crippen LogP contribution in [-0.4, -0.2) is 14.3 Å². The van der Waals surface area contributed by atoms with Crippen LogP contribution in [0.15, 0.2) is 64.0 Å². The summed E-state index contributed by atoms with van der Waals surface area (Å²) < 4.78 is 29.8. The molecule has 0 aliphatic rings. The maximum Gasteiger partial charge on any atom is 0.238 e. The fraction of sp³-hybridized carbons (Fsp3) is 0.130. The molecule has 0 bridgehead atoms. The minimum absolute atomic E-state index is 0.0232. The monoisotopic (exact) mass is 513 g/mol. The number of primary sulfonamides is 1. The molecule has 0 saturated heterocycles. The van der Waals surface area contributed by atoms with Crippen LogP contribution >= 0.6 is 15.9 Å². The Labute approximate surface area is 195 Å². The van der Waals surface area contributed by atoms with Crippen molar-refractivity contribution in [1.82, 2.24) is 0 Å². The number of halogens is 1. The number of rotatable bonds is 5. The third kappa shape index (κ3) is 4.99. The summed E-state index contributed by atoms with van der Waals surface area (Å²) in [5, 5.41) is 14.2. The van der Waals surface area contributed by atoms with Crippen LogP contribution in [0.3, 0.4) is 0 Å². The van der Waals surface area contributed by atoms with E-state index in [4.69, 9.17) is 15.1 Å². The van der Waals surface area contributed by atoms with Crippen molar-refractivity contribution < 1.29 is 17.9 Å². The predicted molar refractivity (Wildman–Crippen MR) is 125 cm³/mol. The van der Waals surface area contributed by atoms with E-state index in [0.717, 1.165) is 5.56 Å². The molecule has 0 saturated carbocycles. The summed E-state index contributed by atoms with van der Waals surface area (Å²) in [6.45, 7) is 4.98. The normalized spacial score (nSPS) is 11.0. The lowest BCUT2D eigenvalue weighted by atomic mass is 10.1. The minimum Gasteiger partial charge on any atom is -0.456 e. The van der Waals surface area contributed by atoms with Crippen LogP contribution in [0.1, 0.15) is 23.6 Å². The van der Waals surface area contributed by atoms with Crippen molar-refractivity contribution in [3.63, 3.8) is 0 Å². The lowest BCUT2D eigenvalue weighted by Crippen LogP contribution is -2.24. The molecule has 0 radical (unpaired) electrons. The van der Waals surface area contributed by atoms with Gasteiger partial charge in [0.2, 0.25) is 15.9 Å². The van der Waals surface area contributed by atoms with Gasteiger partial charge in [0.05, 0.1) is 32.4 Å². The van der Waals surface area contributed by atoms with Gasteiger partial charge in [-0.2, -0.15) is 5.26 Å². The maximum absolute atomic E-state index is 12.5. The summed E-state index contributed by atoms with van der Waals surface area (Å²) >= 11 is 3.49. The van der Waals surface area contributed by atoms with Crippen LogP contribution < -0.4 is 14.8 Å². The van der Waals surface area contributed by atoms with E-state index in [2.05, 4.69) is 22.0 Å². The highest BCUT2D eigenvalue weighted by Crippen LogP contribution is 2.37. The molecule has 0 spiro atoms. The summed E-state index contributed by atoms with van der Waals surface area (Å²) in [5.74, 6) is 0.890. The number of benzene rings is 3. The zero-order valence-electron chi connectivity index (χ0n) is 17.6. The van der Waals surface area contributed by atoms with Crippen molar-refractivity contribution in [3.8, 4) is 17.6 Å². The Balaban J connectivity index is 1.97. The van der Waals surface area contributed by atoms with Crippen molar-refractivity contribution in [1.29, 1.82) is 5.26 Å². The average molecular weight is 514 g/mol. The molecule has 2 N–H and O–H groups in total. The minimum atomic E-state index is -3.85. The summed E-state index contributed by atoms with van der Waals surface area (Å²) in [7, 11) is -3.85. The van der Waals surface area contributed by atoms with E-state index >= 15 is 0 Å². The molecule has 0 heterocycles. The van der Waals surface area contributed by atoms with E-state index in [1.165, 1.54) is 24.0 Å². The van der Waals surface area contributed by atoms with Gasteiger partial charge in [-0.3, -0.25) is 9.69 Å². The number of amides is 1. The maximum atomic E-state index is 12.5. The van der Waals surface area contributed by atoms with Crippen LogP contribution in [0, 0.1) is 25.2 Å². The highest BCUT2D eigenvalue weighted by molar-refractivity contribution is 9.10. The molecule has 3 aromatic rings. The van der Waals surface area contributed by atoms with Gasteiger partial charge in [0.1, 0.15) is 11.5 Å². The van der Waals surface area contributed by atoms with Crippen molar-refractivity contribution >= 4 is 43.2 Å². The molecule has 0 aliphatic heterocycles. The lowest BCUT2D eigenvalue weighted by Gasteiger charge is -2.24. The standard InChI is InChI=1S/C23H20BrN3O4S/c1-14-11-19(32(26,29)30)6-7-21(14)27(16(3)28)18-5-9-23(20(24)12-18)31-22-8-4-17(13-25)10-15(22)2/h4-12H,1-3H3,(H2,26,29,30). The summed E-state index contributed by atoms with van der Waals surface area (Å²) in [4.78, 5) is 13.9. The summed E-state index contributed by atoms with van der Waals surface area (Å²) in [6, 6.07) is 16.8. The van der Waals surface area contributed by atoms with Crippen LogP contribution in [-0.2, 0) is 14.8 Å². The fourth-order valence-electron chi connectivity index (χ4n) is 3.21. The lowest BCUT2D eigenvalue weighted by molar-refractivity contribution is -0.115. The zero-order chi connectivity index (χ0) is 23.6. The van der Waals surface area contributed by atoms with Crippen LogP contribution in [0.5, 0.6) is 11.5 Å². The van der Waals surface area contributed by atoms with Crippen LogP contribution in [0.4, 0.5) is 11.4 Å². The molecule has 0 aromatic heterocycles. The zero-order valence-corrected chi connectivity index (χ0v) is 20.0. The molecule has 0 aliphatic carbocycles. The molecule has 7 nitrogen and oxygen atoms in total. The number of anilines is 2. The first-order valence-electron chi connectivity index (χ1n) is 9.43. The van der Waals surface area contributed by atoms with Gasteiger partial charge < -0.3 is 4.74 Å². The smallest absolute Gasteiger partial charge is 0.238 e. The van der Waals surface area contributed by atoms with E-state index < -0.39 is 10.0 Å². The Hall–Kier alpha value is -3.19. The summed E-state index contributed by atoms with van der Waals surface area (Å²) in [5.41, 5.74) is 3.05. The number of nitrogens with zero attached hydrogens (tertiary/aromatic N) is 2. The van der Waals surface area contributed by atoms with Gasteiger partial charge in [0, 0.05) is 6.92 Å². The SMILES string of the molecule is CC(=O)N(c1ccc(Oc2ccc(C#N)cc2C)c(Br)c1)c1ccc(S(N)(=O)=O)cc1C. The number of ether oxygens (including phenoxy) is 1. The predicted octanol–water partition coefficient (Wildman–Crippen LogP) is 5.06. The third-order valence-corrected chi connectivity index (χ3v) is 6.28. The highest BCUT2D eigenvalue weighted by atomic mass is 79.9. The molecule has 3 aromatic carbocycles. The Morgan fingerprint density at radius 1 is 1.03 bits per heavy atom. The van der Waals surface area contributed by atoms with Crippen molar-refractivity contribution in [2.75, 3.05) is 4.90 Å². The number of sulfonamides is 1. The first-order chi connectivity index (χ1) is 15.0. The number of nitrogens with two attached hydrogens (primary N) is 1. The van der Waals surface area contributed by atoms with Crippen LogP contribution in [0.25, 0.3) is 0 Å². The number of nitriles is 1. The van der Waals surface area contributed by atoms with Crippen molar-refractivity contribution in [3.05, 3.63) is 75.8 Å². The molecule has 1 amide bonds. The second-order valence-corrected chi connectivity index (χ2v) is 9.57. The molecule has 32 heavy (non-hydrogen) atoms. The number of hydrogen-bond acceptors (Lipinski definition) is 5. The second-order valence-electron chi connectivity index (χ2n) is 7.16. The Kier molecular flexibility index (Phi) is 6.69. The van der Waals surface area contributed by atoms with E-state index in [1.54, 1.807) is 49.4 Å². The van der Waals surface area contributed by atoms with Crippen molar-refractivity contribution in [2.45, 2.75) is 25.7 Å². The van der Waals surface area contributed by atoms with Gasteiger partial charge in [-0.05, 0) is 95.5 Å². The van der Waals surface area contributed by atoms with Gasteiger partial charge in [-0.1, -0.05) is 0 Å². The molecule has 0 fully saturated rings. The molecule has 164 valence electrons. The van der Waals surface area contributed by atoms with Crippen molar-refractivity contribution in [2.24, 2.45) is 5.14 Å². The Bertz CT molecular complexity index is 1360. The molecular formula is C23H20BrN3O4S. The molecule has 3 rings (SSSR count). The van der Waals surface area contributed by atoms with Gasteiger partial charge in [0.25, 0.3) is 0 Å². The fourth-order valence-corrected chi connectivity index (χ4v) is 4.26. The first kappa shape index (κ1) is 23.5. The third-order valence-electron chi connectivity index (χ3n) is 4.75. The van der Waals surface area contributed by atoms with Gasteiger partial charge >= 0.3 is 0 Å². The first-order valence-corrected chi connectivity index (χ1v) is 11.8. The van der Waals surface area contributed by atoms with E-state index in [0.29, 0.717) is 38.5 Å². The van der Waals surface area contributed by atoms with Crippen LogP contribution in [0.2, 0.25) is 0 Å². The summed E-state index contributed by atoms with van der Waals surface area (Å²) in [6.07, 6.45) is 0. The average Bonchev–Trinajstić information content (AvgIpc) is 2.71. The largest absolute Gasteiger partial charge is 0.456 e. The molecule has 9 heteroatoms. The van der Waals surface area contributed by atoms with E-state index in [9.17, 15) is 13.2 Å². The molecular weight excluding hydrogens is 494 g/mol. The molecule has 0 unspecified atom stereocenters.